The first-order chi connectivity index (χ1) is 12.7. The summed E-state index contributed by atoms with van der Waals surface area (Å²) >= 11 is 1.68. The second-order valence-corrected chi connectivity index (χ2v) is 7.58. The number of para-hydroxylation sites is 2. The molecule has 3 aromatic rings. The SMILES string of the molecule is FC(F)n1c(CN(Cc2cccs2)CC2CCCO2)nc2ccccc21. The number of nitrogens with zero attached hydrogens (tertiary/aromatic N) is 3. The van der Waals surface area contributed by atoms with Crippen LogP contribution in [-0.4, -0.2) is 33.7 Å². The second-order valence-electron chi connectivity index (χ2n) is 6.55. The number of hydrogen-bond donors (Lipinski definition) is 0. The third kappa shape index (κ3) is 3.79. The Morgan fingerprint density at radius 2 is 2.12 bits per heavy atom. The number of ether oxygens (including phenoxy) is 1. The molecular weight excluding hydrogens is 356 g/mol. The van der Waals surface area contributed by atoms with Crippen LogP contribution in [0.25, 0.3) is 11.0 Å². The van der Waals surface area contributed by atoms with Gasteiger partial charge in [-0.2, -0.15) is 8.78 Å². The Balaban J connectivity index is 1.61. The number of fused-ring (bicyclic) bond motifs is 1. The van der Waals surface area contributed by atoms with Gasteiger partial charge in [0.15, 0.2) is 0 Å². The van der Waals surface area contributed by atoms with Crippen LogP contribution in [0.5, 0.6) is 0 Å². The van der Waals surface area contributed by atoms with E-state index in [1.165, 1.54) is 4.88 Å². The first kappa shape index (κ1) is 17.6. The van der Waals surface area contributed by atoms with Crippen LogP contribution in [0, 0.1) is 0 Å². The number of alkyl halides is 2. The summed E-state index contributed by atoms with van der Waals surface area (Å²) in [7, 11) is 0. The van der Waals surface area contributed by atoms with Crippen LogP contribution in [0.15, 0.2) is 41.8 Å². The average molecular weight is 377 g/mol. The van der Waals surface area contributed by atoms with Crippen LogP contribution in [0.3, 0.4) is 0 Å². The molecule has 0 bridgehead atoms. The highest BCUT2D eigenvalue weighted by Gasteiger charge is 2.23. The largest absolute Gasteiger partial charge is 0.377 e. The van der Waals surface area contributed by atoms with E-state index in [9.17, 15) is 8.78 Å². The summed E-state index contributed by atoms with van der Waals surface area (Å²) in [6, 6.07) is 11.2. The van der Waals surface area contributed by atoms with E-state index in [4.69, 9.17) is 4.74 Å². The molecule has 26 heavy (non-hydrogen) atoms. The molecule has 1 aliphatic rings. The van der Waals surface area contributed by atoms with Crippen molar-refractivity contribution in [3.8, 4) is 0 Å². The normalized spacial score (nSPS) is 17.8. The van der Waals surface area contributed by atoms with Crippen molar-refractivity contribution in [2.24, 2.45) is 0 Å². The first-order valence-electron chi connectivity index (χ1n) is 8.81. The number of aromatic nitrogens is 2. The molecule has 138 valence electrons. The topological polar surface area (TPSA) is 30.3 Å². The number of benzene rings is 1. The predicted molar refractivity (Wildman–Crippen MR) is 98.4 cm³/mol. The number of halogens is 2. The summed E-state index contributed by atoms with van der Waals surface area (Å²) in [5, 5.41) is 2.04. The fourth-order valence-corrected chi connectivity index (χ4v) is 4.25. The smallest absolute Gasteiger partial charge is 0.320 e. The van der Waals surface area contributed by atoms with Crippen LogP contribution < -0.4 is 0 Å². The van der Waals surface area contributed by atoms with Gasteiger partial charge in [0, 0.05) is 24.6 Å². The van der Waals surface area contributed by atoms with Gasteiger partial charge >= 0.3 is 6.55 Å². The lowest BCUT2D eigenvalue weighted by Crippen LogP contribution is -2.32. The zero-order chi connectivity index (χ0) is 17.9. The summed E-state index contributed by atoms with van der Waals surface area (Å²) in [5.41, 5.74) is 1.08. The quantitative estimate of drug-likeness (QED) is 0.599. The van der Waals surface area contributed by atoms with Crippen molar-refractivity contribution >= 4 is 22.4 Å². The highest BCUT2D eigenvalue weighted by Crippen LogP contribution is 2.25. The number of hydrogen-bond acceptors (Lipinski definition) is 4. The standard InChI is InChI=1S/C19H21F2N3OS/c20-19(21)24-17-8-2-1-7-16(17)22-18(24)13-23(11-14-5-3-9-25-14)12-15-6-4-10-26-15/h1-2,4,6-8,10,14,19H,3,5,9,11-13H2. The molecule has 1 unspecified atom stereocenters. The Bertz CT molecular complexity index is 844. The molecule has 0 radical (unpaired) electrons. The van der Waals surface area contributed by atoms with Gasteiger partial charge in [-0.15, -0.1) is 11.3 Å². The van der Waals surface area contributed by atoms with Gasteiger partial charge < -0.3 is 4.74 Å². The summed E-state index contributed by atoms with van der Waals surface area (Å²) in [6.45, 7) is -0.0123. The maximum atomic E-state index is 13.7. The van der Waals surface area contributed by atoms with E-state index >= 15 is 0 Å². The Kier molecular flexibility index (Phi) is 5.28. The highest BCUT2D eigenvalue weighted by molar-refractivity contribution is 7.09. The van der Waals surface area contributed by atoms with Crippen molar-refractivity contribution < 1.29 is 13.5 Å². The zero-order valence-electron chi connectivity index (χ0n) is 14.4. The number of rotatable bonds is 7. The summed E-state index contributed by atoms with van der Waals surface area (Å²) in [4.78, 5) is 7.86. The van der Waals surface area contributed by atoms with Crippen LogP contribution in [0.4, 0.5) is 8.78 Å². The molecule has 1 atom stereocenters. The van der Waals surface area contributed by atoms with Crippen molar-refractivity contribution in [2.75, 3.05) is 13.2 Å². The maximum Gasteiger partial charge on any atom is 0.320 e. The van der Waals surface area contributed by atoms with Gasteiger partial charge in [-0.3, -0.25) is 9.47 Å². The van der Waals surface area contributed by atoms with Crippen molar-refractivity contribution in [2.45, 2.75) is 38.6 Å². The minimum atomic E-state index is -2.61. The molecule has 1 saturated heterocycles. The average Bonchev–Trinajstić information content (AvgIpc) is 3.34. The molecule has 1 aliphatic heterocycles. The summed E-state index contributed by atoms with van der Waals surface area (Å²) < 4.78 is 34.2. The lowest BCUT2D eigenvalue weighted by molar-refractivity contribution is 0.0553. The van der Waals surface area contributed by atoms with E-state index in [1.54, 1.807) is 29.5 Å². The zero-order valence-corrected chi connectivity index (χ0v) is 15.2. The number of thiophene rings is 1. The fraction of sp³-hybridized carbons (Fsp3) is 0.421. The first-order valence-corrected chi connectivity index (χ1v) is 9.69. The third-order valence-corrected chi connectivity index (χ3v) is 5.54. The van der Waals surface area contributed by atoms with Crippen molar-refractivity contribution in [1.82, 2.24) is 14.5 Å². The molecule has 0 saturated carbocycles. The van der Waals surface area contributed by atoms with Gasteiger partial charge in [0.25, 0.3) is 0 Å². The molecular formula is C19H21F2N3OS. The Morgan fingerprint density at radius 3 is 2.85 bits per heavy atom. The van der Waals surface area contributed by atoms with Crippen molar-refractivity contribution in [3.05, 3.63) is 52.5 Å². The molecule has 1 fully saturated rings. The molecule has 2 aromatic heterocycles. The Labute approximate surface area is 155 Å². The van der Waals surface area contributed by atoms with E-state index in [-0.39, 0.29) is 6.10 Å². The number of imidazole rings is 1. The highest BCUT2D eigenvalue weighted by atomic mass is 32.1. The lowest BCUT2D eigenvalue weighted by atomic mass is 10.2. The van der Waals surface area contributed by atoms with E-state index in [2.05, 4.69) is 16.0 Å². The minimum absolute atomic E-state index is 0.166. The minimum Gasteiger partial charge on any atom is -0.377 e. The molecule has 0 N–H and O–H groups in total. The predicted octanol–water partition coefficient (Wildman–Crippen LogP) is 4.67. The molecule has 0 aliphatic carbocycles. The Morgan fingerprint density at radius 1 is 1.23 bits per heavy atom. The molecule has 3 heterocycles. The maximum absolute atomic E-state index is 13.7. The van der Waals surface area contributed by atoms with E-state index < -0.39 is 6.55 Å². The molecule has 0 spiro atoms. The monoisotopic (exact) mass is 377 g/mol. The van der Waals surface area contributed by atoms with Gasteiger partial charge in [-0.25, -0.2) is 4.98 Å². The van der Waals surface area contributed by atoms with E-state index in [1.807, 2.05) is 17.5 Å². The van der Waals surface area contributed by atoms with Crippen LogP contribution >= 0.6 is 11.3 Å². The molecule has 0 amide bonds. The van der Waals surface area contributed by atoms with Crippen LogP contribution in [-0.2, 0) is 17.8 Å². The van der Waals surface area contributed by atoms with Crippen LogP contribution in [0.1, 0.15) is 30.1 Å². The van der Waals surface area contributed by atoms with Crippen LogP contribution in [0.2, 0.25) is 0 Å². The lowest BCUT2D eigenvalue weighted by Gasteiger charge is -2.24. The molecule has 4 nitrogen and oxygen atoms in total. The summed E-state index contributed by atoms with van der Waals surface area (Å²) in [5.74, 6) is 0.399. The second kappa shape index (κ2) is 7.82. The van der Waals surface area contributed by atoms with Gasteiger partial charge in [0.05, 0.1) is 23.7 Å². The molecule has 1 aromatic carbocycles. The van der Waals surface area contributed by atoms with Crippen molar-refractivity contribution in [3.63, 3.8) is 0 Å². The summed E-state index contributed by atoms with van der Waals surface area (Å²) in [6.07, 6.45) is 2.25. The van der Waals surface area contributed by atoms with Gasteiger partial charge in [-0.1, -0.05) is 18.2 Å². The Hall–Kier alpha value is -1.83. The molecule has 7 heteroatoms. The van der Waals surface area contributed by atoms with Gasteiger partial charge in [0.2, 0.25) is 0 Å². The van der Waals surface area contributed by atoms with Crippen molar-refractivity contribution in [1.29, 1.82) is 0 Å². The van der Waals surface area contributed by atoms with Gasteiger partial charge in [0.1, 0.15) is 5.82 Å². The van der Waals surface area contributed by atoms with Gasteiger partial charge in [-0.05, 0) is 36.4 Å². The molecule has 4 rings (SSSR count). The third-order valence-electron chi connectivity index (χ3n) is 4.67. The fourth-order valence-electron chi connectivity index (χ4n) is 3.51. The van der Waals surface area contributed by atoms with E-state index in [0.29, 0.717) is 29.9 Å². The van der Waals surface area contributed by atoms with E-state index in [0.717, 1.165) is 30.6 Å².